The molecule has 0 heterocycles. The van der Waals surface area contributed by atoms with Gasteiger partial charge in [0.2, 0.25) is 0 Å². The minimum Gasteiger partial charge on any atom is -0.422 e. The number of hydrogen-bond acceptors (Lipinski definition) is 4. The molecule has 0 aliphatic rings. The van der Waals surface area contributed by atoms with E-state index in [0.717, 1.165) is 12.2 Å². The zero-order chi connectivity index (χ0) is 19.4. The van der Waals surface area contributed by atoms with Crippen molar-refractivity contribution in [3.8, 4) is 11.5 Å². The maximum Gasteiger partial charge on any atom is 0.336 e. The lowest BCUT2D eigenvalue weighted by atomic mass is 10.3. The summed E-state index contributed by atoms with van der Waals surface area (Å²) in [6, 6.07) is 5.17. The van der Waals surface area contributed by atoms with Crippen molar-refractivity contribution in [2.45, 2.75) is 0 Å². The van der Waals surface area contributed by atoms with Gasteiger partial charge < -0.3 is 9.47 Å². The minimum atomic E-state index is -0.887. The molecule has 0 spiro atoms. The fraction of sp³-hybridized carbons (Fsp3) is 0. The van der Waals surface area contributed by atoms with Crippen LogP contribution in [-0.2, 0) is 9.59 Å². The molecule has 0 aromatic heterocycles. The molecule has 0 saturated heterocycles. The summed E-state index contributed by atoms with van der Waals surface area (Å²) >= 11 is 35.0. The van der Waals surface area contributed by atoms with Crippen LogP contribution in [0.3, 0.4) is 0 Å². The fourth-order valence-electron chi connectivity index (χ4n) is 1.59. The van der Waals surface area contributed by atoms with Crippen molar-refractivity contribution in [3.63, 3.8) is 0 Å². The van der Waals surface area contributed by atoms with Crippen LogP contribution < -0.4 is 9.47 Å². The summed E-state index contributed by atoms with van der Waals surface area (Å²) in [7, 11) is 0. The molecular formula is C16H6Cl6O4. The van der Waals surface area contributed by atoms with Crippen molar-refractivity contribution in [2.75, 3.05) is 0 Å². The van der Waals surface area contributed by atoms with E-state index in [1.807, 2.05) is 0 Å². The van der Waals surface area contributed by atoms with Gasteiger partial charge in [-0.3, -0.25) is 0 Å². The Bertz CT molecular complexity index is 837. The summed E-state index contributed by atoms with van der Waals surface area (Å²) in [5, 5.41) is 0.855. The third-order valence-electron chi connectivity index (χ3n) is 2.73. The fourth-order valence-corrected chi connectivity index (χ4v) is 2.74. The Balaban J connectivity index is 2.03. The van der Waals surface area contributed by atoms with Crippen molar-refractivity contribution in [1.82, 2.24) is 0 Å². The average molecular weight is 475 g/mol. The van der Waals surface area contributed by atoms with E-state index in [1.165, 1.54) is 24.3 Å². The molecule has 0 N–H and O–H groups in total. The van der Waals surface area contributed by atoms with Gasteiger partial charge in [0.1, 0.15) is 0 Å². The van der Waals surface area contributed by atoms with E-state index in [0.29, 0.717) is 0 Å². The van der Waals surface area contributed by atoms with Crippen LogP contribution in [0, 0.1) is 0 Å². The van der Waals surface area contributed by atoms with E-state index < -0.39 is 11.9 Å². The van der Waals surface area contributed by atoms with Gasteiger partial charge in [0.25, 0.3) is 0 Å². The molecular weight excluding hydrogens is 469 g/mol. The molecule has 10 heteroatoms. The zero-order valence-electron chi connectivity index (χ0n) is 12.4. The molecule has 0 saturated carbocycles. The lowest BCUT2D eigenvalue weighted by molar-refractivity contribution is -0.131. The average Bonchev–Trinajstić information content (AvgIpc) is 2.55. The number of carbonyl (C=O) groups is 2. The first-order chi connectivity index (χ1) is 12.2. The summed E-state index contributed by atoms with van der Waals surface area (Å²) in [6.45, 7) is 0. The Morgan fingerprint density at radius 2 is 0.885 bits per heavy atom. The van der Waals surface area contributed by atoms with E-state index in [2.05, 4.69) is 0 Å². The molecule has 136 valence electrons. The molecule has 0 radical (unpaired) electrons. The molecule has 0 bridgehead atoms. The molecule has 26 heavy (non-hydrogen) atoms. The van der Waals surface area contributed by atoms with Crippen molar-refractivity contribution in [3.05, 3.63) is 66.6 Å². The normalized spacial score (nSPS) is 10.8. The predicted octanol–water partition coefficient (Wildman–Crippen LogP) is 6.67. The summed E-state index contributed by atoms with van der Waals surface area (Å²) in [4.78, 5) is 23.5. The third-order valence-corrected chi connectivity index (χ3v) is 4.76. The van der Waals surface area contributed by atoms with Crippen LogP contribution >= 0.6 is 69.6 Å². The number of hydrogen-bond donors (Lipinski definition) is 0. The summed E-state index contributed by atoms with van der Waals surface area (Å²) in [6.07, 6.45) is 1.68. The highest BCUT2D eigenvalue weighted by atomic mass is 35.5. The van der Waals surface area contributed by atoms with Crippen LogP contribution in [0.15, 0.2) is 36.4 Å². The molecule has 0 fully saturated rings. The number of benzene rings is 2. The van der Waals surface area contributed by atoms with Gasteiger partial charge in [-0.05, 0) is 12.1 Å². The monoisotopic (exact) mass is 472 g/mol. The van der Waals surface area contributed by atoms with Crippen LogP contribution in [0.5, 0.6) is 11.5 Å². The summed E-state index contributed by atoms with van der Waals surface area (Å²) < 4.78 is 9.93. The Labute approximate surface area is 178 Å². The predicted molar refractivity (Wildman–Crippen MR) is 103 cm³/mol. The first kappa shape index (κ1) is 21.2. The van der Waals surface area contributed by atoms with Gasteiger partial charge in [-0.25, -0.2) is 9.59 Å². The van der Waals surface area contributed by atoms with Gasteiger partial charge in [-0.1, -0.05) is 69.6 Å². The SMILES string of the molecule is O=C(/C=C/C(=O)Oc1cc(Cl)c(Cl)cc1Cl)Oc1cc(Cl)c(Cl)cc1Cl. The van der Waals surface area contributed by atoms with Crippen molar-refractivity contribution in [1.29, 1.82) is 0 Å². The quantitative estimate of drug-likeness (QED) is 0.215. The third kappa shape index (κ3) is 5.68. The Kier molecular flexibility index (Phi) is 7.47. The largest absolute Gasteiger partial charge is 0.422 e. The highest BCUT2D eigenvalue weighted by Gasteiger charge is 2.12. The standard InChI is InChI=1S/C16H6Cl6O4/c17-7-3-11(21)13(5-9(7)19)25-15(23)1-2-16(24)26-14-6-10(20)8(18)4-12(14)22/h1-6H/b2-1+. The molecule has 2 aromatic rings. The molecule has 0 aliphatic heterocycles. The minimum absolute atomic E-state index is 0.0170. The maximum absolute atomic E-state index is 11.8. The highest BCUT2D eigenvalue weighted by Crippen LogP contribution is 2.35. The Morgan fingerprint density at radius 3 is 1.23 bits per heavy atom. The second kappa shape index (κ2) is 9.18. The number of rotatable bonds is 4. The number of halogens is 6. The van der Waals surface area contributed by atoms with E-state index in [9.17, 15) is 9.59 Å². The van der Waals surface area contributed by atoms with E-state index >= 15 is 0 Å². The molecule has 2 rings (SSSR count). The Hall–Kier alpha value is -1.14. The zero-order valence-corrected chi connectivity index (χ0v) is 16.9. The lowest BCUT2D eigenvalue weighted by Crippen LogP contribution is -2.08. The Morgan fingerprint density at radius 1 is 0.577 bits per heavy atom. The van der Waals surface area contributed by atoms with Crippen LogP contribution in [-0.4, -0.2) is 11.9 Å². The highest BCUT2D eigenvalue weighted by molar-refractivity contribution is 6.44. The van der Waals surface area contributed by atoms with Crippen molar-refractivity contribution >= 4 is 81.5 Å². The first-order valence-electron chi connectivity index (χ1n) is 6.58. The van der Waals surface area contributed by atoms with Gasteiger partial charge >= 0.3 is 11.9 Å². The van der Waals surface area contributed by atoms with Crippen LogP contribution in [0.2, 0.25) is 30.1 Å². The van der Waals surface area contributed by atoms with Gasteiger partial charge in [0, 0.05) is 24.3 Å². The summed E-state index contributed by atoms with van der Waals surface area (Å²) in [5.74, 6) is -1.81. The molecule has 0 aliphatic carbocycles. The molecule has 4 nitrogen and oxygen atoms in total. The number of carbonyl (C=O) groups excluding carboxylic acids is 2. The number of esters is 2. The first-order valence-corrected chi connectivity index (χ1v) is 8.85. The maximum atomic E-state index is 11.8. The smallest absolute Gasteiger partial charge is 0.336 e. The topological polar surface area (TPSA) is 52.6 Å². The molecule has 0 amide bonds. The van der Waals surface area contributed by atoms with E-state index in [1.54, 1.807) is 0 Å². The second-order valence-electron chi connectivity index (χ2n) is 4.57. The van der Waals surface area contributed by atoms with Crippen molar-refractivity contribution in [2.24, 2.45) is 0 Å². The van der Waals surface area contributed by atoms with Gasteiger partial charge in [0.05, 0.1) is 30.1 Å². The molecule has 0 atom stereocenters. The van der Waals surface area contributed by atoms with Crippen LogP contribution in [0.4, 0.5) is 0 Å². The number of ether oxygens (including phenoxy) is 2. The van der Waals surface area contributed by atoms with Crippen LogP contribution in [0.1, 0.15) is 0 Å². The van der Waals surface area contributed by atoms with Gasteiger partial charge in [-0.2, -0.15) is 0 Å². The van der Waals surface area contributed by atoms with Crippen molar-refractivity contribution < 1.29 is 19.1 Å². The van der Waals surface area contributed by atoms with Gasteiger partial charge in [0.15, 0.2) is 11.5 Å². The second-order valence-corrected chi connectivity index (χ2v) is 7.01. The van der Waals surface area contributed by atoms with Gasteiger partial charge in [-0.15, -0.1) is 0 Å². The lowest BCUT2D eigenvalue weighted by Gasteiger charge is -2.06. The van der Waals surface area contributed by atoms with E-state index in [-0.39, 0.29) is 41.6 Å². The molecule has 2 aromatic carbocycles. The van der Waals surface area contributed by atoms with E-state index in [4.69, 9.17) is 79.1 Å². The summed E-state index contributed by atoms with van der Waals surface area (Å²) in [5.41, 5.74) is 0. The molecule has 0 unspecified atom stereocenters. The van der Waals surface area contributed by atoms with Crippen LogP contribution in [0.25, 0.3) is 0 Å².